The summed E-state index contributed by atoms with van der Waals surface area (Å²) in [7, 11) is 3.60. The highest BCUT2D eigenvalue weighted by molar-refractivity contribution is 5.97. The van der Waals surface area contributed by atoms with Gasteiger partial charge < -0.3 is 9.47 Å². The van der Waals surface area contributed by atoms with Crippen LogP contribution in [0.1, 0.15) is 42.2 Å². The van der Waals surface area contributed by atoms with Gasteiger partial charge in [-0.2, -0.15) is 0 Å². The van der Waals surface area contributed by atoms with Crippen molar-refractivity contribution in [2.75, 3.05) is 14.1 Å². The highest BCUT2D eigenvalue weighted by Gasteiger charge is 2.25. The number of hydrogen-bond donors (Lipinski definition) is 0. The number of hydrogen-bond acceptors (Lipinski definition) is 2. The number of carbonyl (C=O) groups excluding carboxylic acids is 1. The summed E-state index contributed by atoms with van der Waals surface area (Å²) in [6, 6.07) is 6.35. The molecule has 2 aromatic heterocycles. The Morgan fingerprint density at radius 3 is 2.79 bits per heavy atom. The Balaban J connectivity index is 2.19. The third kappa shape index (κ3) is 2.01. The summed E-state index contributed by atoms with van der Waals surface area (Å²) in [5.74, 6) is 0.0601. The van der Waals surface area contributed by atoms with E-state index in [0.29, 0.717) is 6.04 Å². The van der Waals surface area contributed by atoms with Gasteiger partial charge in [-0.1, -0.05) is 12.8 Å². The lowest BCUT2D eigenvalue weighted by molar-refractivity contribution is 0.0815. The summed E-state index contributed by atoms with van der Waals surface area (Å²) >= 11 is 0. The zero-order valence-electron chi connectivity index (χ0n) is 11.5. The first-order valence-corrected chi connectivity index (χ1v) is 6.86. The highest BCUT2D eigenvalue weighted by atomic mass is 16.2. The standard InChI is InChI=1S/C15H19N3O/c1-17(2)15(19)13-10-11-6-5-9-16-14(11)18(13)12-7-3-4-8-12/h5-6,9-10,12H,3-4,7-8H2,1-2H3. The van der Waals surface area contributed by atoms with Gasteiger partial charge in [-0.3, -0.25) is 4.79 Å². The Kier molecular flexibility index (Phi) is 3.01. The Bertz CT molecular complexity index is 609. The molecule has 0 spiro atoms. The minimum absolute atomic E-state index is 0.0601. The van der Waals surface area contributed by atoms with Crippen molar-refractivity contribution in [3.05, 3.63) is 30.1 Å². The molecule has 4 heteroatoms. The van der Waals surface area contributed by atoms with E-state index in [1.165, 1.54) is 12.8 Å². The van der Waals surface area contributed by atoms with Crippen LogP contribution in [0.3, 0.4) is 0 Å². The van der Waals surface area contributed by atoms with Gasteiger partial charge >= 0.3 is 0 Å². The molecule has 4 nitrogen and oxygen atoms in total. The molecule has 1 amide bonds. The van der Waals surface area contributed by atoms with Crippen molar-refractivity contribution in [1.82, 2.24) is 14.5 Å². The van der Waals surface area contributed by atoms with Crippen molar-refractivity contribution in [2.45, 2.75) is 31.7 Å². The van der Waals surface area contributed by atoms with E-state index in [0.717, 1.165) is 29.6 Å². The van der Waals surface area contributed by atoms with Crippen LogP contribution in [0.4, 0.5) is 0 Å². The van der Waals surface area contributed by atoms with E-state index in [4.69, 9.17) is 0 Å². The van der Waals surface area contributed by atoms with Crippen molar-refractivity contribution < 1.29 is 4.79 Å². The van der Waals surface area contributed by atoms with Crippen LogP contribution >= 0.6 is 0 Å². The SMILES string of the molecule is CN(C)C(=O)c1cc2cccnc2n1C1CCCC1. The van der Waals surface area contributed by atoms with Crippen LogP contribution in [-0.4, -0.2) is 34.5 Å². The first kappa shape index (κ1) is 12.2. The number of aromatic nitrogens is 2. The maximum atomic E-state index is 12.4. The molecule has 1 fully saturated rings. The molecule has 2 heterocycles. The molecule has 0 aliphatic heterocycles. The van der Waals surface area contributed by atoms with E-state index in [2.05, 4.69) is 9.55 Å². The highest BCUT2D eigenvalue weighted by Crippen LogP contribution is 2.34. The van der Waals surface area contributed by atoms with E-state index < -0.39 is 0 Å². The van der Waals surface area contributed by atoms with Crippen molar-refractivity contribution in [3.8, 4) is 0 Å². The molecule has 19 heavy (non-hydrogen) atoms. The molecule has 2 aromatic rings. The molecule has 1 aliphatic carbocycles. The molecule has 0 radical (unpaired) electrons. The minimum Gasteiger partial charge on any atom is -0.343 e. The fourth-order valence-electron chi connectivity index (χ4n) is 2.98. The molecule has 0 unspecified atom stereocenters. The molecular weight excluding hydrogens is 238 g/mol. The number of pyridine rings is 1. The molecule has 0 saturated heterocycles. The van der Waals surface area contributed by atoms with Crippen LogP contribution in [0.15, 0.2) is 24.4 Å². The normalized spacial score (nSPS) is 16.1. The van der Waals surface area contributed by atoms with Gasteiger partial charge in [0.1, 0.15) is 11.3 Å². The van der Waals surface area contributed by atoms with Crippen LogP contribution in [-0.2, 0) is 0 Å². The third-order valence-corrected chi connectivity index (χ3v) is 3.91. The Morgan fingerprint density at radius 2 is 2.11 bits per heavy atom. The zero-order valence-corrected chi connectivity index (χ0v) is 11.5. The number of amides is 1. The molecule has 3 rings (SSSR count). The van der Waals surface area contributed by atoms with Gasteiger partial charge in [-0.05, 0) is 31.0 Å². The molecule has 0 N–H and O–H groups in total. The summed E-state index contributed by atoms with van der Waals surface area (Å²) < 4.78 is 2.16. The van der Waals surface area contributed by atoms with Crippen LogP contribution in [0, 0.1) is 0 Å². The largest absolute Gasteiger partial charge is 0.343 e. The molecule has 0 bridgehead atoms. The topological polar surface area (TPSA) is 38.1 Å². The maximum Gasteiger partial charge on any atom is 0.270 e. The summed E-state index contributed by atoms with van der Waals surface area (Å²) in [6.45, 7) is 0. The molecule has 1 saturated carbocycles. The second kappa shape index (κ2) is 4.68. The number of nitrogens with zero attached hydrogens (tertiary/aromatic N) is 3. The van der Waals surface area contributed by atoms with E-state index in [-0.39, 0.29) is 5.91 Å². The fourth-order valence-corrected chi connectivity index (χ4v) is 2.98. The summed E-state index contributed by atoms with van der Waals surface area (Å²) in [5.41, 5.74) is 1.71. The average molecular weight is 257 g/mol. The van der Waals surface area contributed by atoms with Crippen molar-refractivity contribution in [2.24, 2.45) is 0 Å². The van der Waals surface area contributed by atoms with Gasteiger partial charge in [0.15, 0.2) is 0 Å². The van der Waals surface area contributed by atoms with Gasteiger partial charge in [-0.15, -0.1) is 0 Å². The molecule has 100 valence electrons. The lowest BCUT2D eigenvalue weighted by Crippen LogP contribution is -2.25. The first-order valence-electron chi connectivity index (χ1n) is 6.86. The second-order valence-corrected chi connectivity index (χ2v) is 5.45. The van der Waals surface area contributed by atoms with Crippen molar-refractivity contribution in [3.63, 3.8) is 0 Å². The van der Waals surface area contributed by atoms with E-state index >= 15 is 0 Å². The second-order valence-electron chi connectivity index (χ2n) is 5.45. The third-order valence-electron chi connectivity index (χ3n) is 3.91. The molecule has 1 aliphatic rings. The summed E-state index contributed by atoms with van der Waals surface area (Å²) in [6.07, 6.45) is 6.58. The monoisotopic (exact) mass is 257 g/mol. The predicted molar refractivity (Wildman–Crippen MR) is 75.3 cm³/mol. The fraction of sp³-hybridized carbons (Fsp3) is 0.467. The van der Waals surface area contributed by atoms with Crippen LogP contribution < -0.4 is 0 Å². The number of rotatable bonds is 2. The van der Waals surface area contributed by atoms with Crippen molar-refractivity contribution >= 4 is 16.9 Å². The van der Waals surface area contributed by atoms with Crippen molar-refractivity contribution in [1.29, 1.82) is 0 Å². The van der Waals surface area contributed by atoms with Gasteiger partial charge in [0.25, 0.3) is 5.91 Å². The van der Waals surface area contributed by atoms with Gasteiger partial charge in [-0.25, -0.2) is 4.98 Å². The van der Waals surface area contributed by atoms with Gasteiger partial charge in [0.05, 0.1) is 0 Å². The maximum absolute atomic E-state index is 12.4. The van der Waals surface area contributed by atoms with Crippen LogP contribution in [0.25, 0.3) is 11.0 Å². The number of carbonyl (C=O) groups is 1. The first-order chi connectivity index (χ1) is 9.18. The summed E-state index contributed by atoms with van der Waals surface area (Å²) in [5, 5.41) is 1.06. The summed E-state index contributed by atoms with van der Waals surface area (Å²) in [4.78, 5) is 18.5. The Hall–Kier alpha value is -1.84. The number of fused-ring (bicyclic) bond motifs is 1. The smallest absolute Gasteiger partial charge is 0.270 e. The molecular formula is C15H19N3O. The minimum atomic E-state index is 0.0601. The van der Waals surface area contributed by atoms with Crippen LogP contribution in [0.5, 0.6) is 0 Å². The molecule has 0 atom stereocenters. The van der Waals surface area contributed by atoms with Crippen LogP contribution in [0.2, 0.25) is 0 Å². The zero-order chi connectivity index (χ0) is 13.4. The quantitative estimate of drug-likeness (QED) is 0.829. The van der Waals surface area contributed by atoms with E-state index in [9.17, 15) is 4.79 Å². The molecule has 0 aromatic carbocycles. The predicted octanol–water partition coefficient (Wildman–Crippen LogP) is 2.85. The lowest BCUT2D eigenvalue weighted by atomic mass is 10.2. The lowest BCUT2D eigenvalue weighted by Gasteiger charge is -2.18. The Labute approximate surface area is 113 Å². The van der Waals surface area contributed by atoms with E-state index in [1.54, 1.807) is 25.2 Å². The van der Waals surface area contributed by atoms with Gasteiger partial charge in [0, 0.05) is 31.7 Å². The van der Waals surface area contributed by atoms with Gasteiger partial charge in [0.2, 0.25) is 0 Å². The van der Waals surface area contributed by atoms with E-state index in [1.807, 2.05) is 18.2 Å². The average Bonchev–Trinajstić information content (AvgIpc) is 3.03. The Morgan fingerprint density at radius 1 is 1.37 bits per heavy atom.